The predicted octanol–water partition coefficient (Wildman–Crippen LogP) is 6.33. The second-order valence-electron chi connectivity index (χ2n) is 11.0. The van der Waals surface area contributed by atoms with Gasteiger partial charge in [-0.1, -0.05) is 85.3 Å². The number of para-hydroxylation sites is 1. The molecule has 0 unspecified atom stereocenters. The molecule has 0 amide bonds. The van der Waals surface area contributed by atoms with Crippen LogP contribution in [-0.4, -0.2) is 31.4 Å². The van der Waals surface area contributed by atoms with Crippen LogP contribution in [0.5, 0.6) is 17.2 Å². The normalized spacial score (nSPS) is 14.5. The summed E-state index contributed by atoms with van der Waals surface area (Å²) in [5, 5.41) is 2.28. The number of aromatic nitrogens is 1. The number of benzene rings is 4. The van der Waals surface area contributed by atoms with Crippen molar-refractivity contribution < 1.29 is 23.7 Å². The third-order valence-electron chi connectivity index (χ3n) is 8.09. The first-order valence-corrected chi connectivity index (χ1v) is 16.4. The molecule has 0 radical (unpaired) electrons. The molecule has 0 saturated carbocycles. The molecular formula is C38H36N2O6S. The van der Waals surface area contributed by atoms with E-state index in [4.69, 9.17) is 23.9 Å². The number of carbonyl (C=O) groups is 1. The maximum Gasteiger partial charge on any atom is 0.338 e. The van der Waals surface area contributed by atoms with E-state index in [0.29, 0.717) is 56.4 Å². The monoisotopic (exact) mass is 648 g/mol. The summed E-state index contributed by atoms with van der Waals surface area (Å²) in [5.74, 6) is 1.21. The van der Waals surface area contributed by atoms with Gasteiger partial charge < -0.3 is 18.9 Å². The Morgan fingerprint density at radius 1 is 0.936 bits per heavy atom. The number of rotatable bonds is 11. The van der Waals surface area contributed by atoms with Crippen LogP contribution < -0.4 is 29.1 Å². The van der Waals surface area contributed by atoms with Crippen molar-refractivity contribution >= 4 is 34.2 Å². The Morgan fingerprint density at radius 2 is 1.72 bits per heavy atom. The molecule has 0 fully saturated rings. The molecule has 0 bridgehead atoms. The van der Waals surface area contributed by atoms with Gasteiger partial charge in [0.15, 0.2) is 4.80 Å². The van der Waals surface area contributed by atoms with Crippen LogP contribution in [-0.2, 0) is 16.1 Å². The fraction of sp³-hybridized carbons (Fsp3) is 0.237. The first kappa shape index (κ1) is 31.8. The summed E-state index contributed by atoms with van der Waals surface area (Å²) in [4.78, 5) is 33.4. The molecular weight excluding hydrogens is 612 g/mol. The zero-order valence-corrected chi connectivity index (χ0v) is 27.6. The fourth-order valence-electron chi connectivity index (χ4n) is 5.91. The van der Waals surface area contributed by atoms with Gasteiger partial charge >= 0.3 is 5.97 Å². The molecule has 2 heterocycles. The van der Waals surface area contributed by atoms with Crippen LogP contribution in [0, 0.1) is 0 Å². The molecule has 9 heteroatoms. The Labute approximate surface area is 276 Å². The Hall–Kier alpha value is -5.15. The number of methoxy groups -OCH3 is 2. The third-order valence-corrected chi connectivity index (χ3v) is 9.08. The maximum atomic E-state index is 14.4. The molecule has 0 N–H and O–H groups in total. The fourth-order valence-corrected chi connectivity index (χ4v) is 6.93. The first-order chi connectivity index (χ1) is 23.0. The molecule has 0 saturated heterocycles. The van der Waals surface area contributed by atoms with Gasteiger partial charge in [-0.15, -0.1) is 0 Å². The molecule has 4 aromatic carbocycles. The van der Waals surface area contributed by atoms with Crippen molar-refractivity contribution in [3.8, 4) is 17.2 Å². The lowest BCUT2D eigenvalue weighted by atomic mass is 9.93. The molecule has 1 aliphatic heterocycles. The highest BCUT2D eigenvalue weighted by molar-refractivity contribution is 7.07. The lowest BCUT2D eigenvalue weighted by molar-refractivity contribution is -0.139. The minimum Gasteiger partial charge on any atom is -0.497 e. The van der Waals surface area contributed by atoms with E-state index in [1.54, 1.807) is 43.9 Å². The van der Waals surface area contributed by atoms with Crippen molar-refractivity contribution in [2.75, 3.05) is 20.8 Å². The van der Waals surface area contributed by atoms with Gasteiger partial charge in [-0.2, -0.15) is 0 Å². The average Bonchev–Trinajstić information content (AvgIpc) is 3.40. The van der Waals surface area contributed by atoms with E-state index in [1.165, 1.54) is 11.3 Å². The minimum atomic E-state index is -0.836. The van der Waals surface area contributed by atoms with E-state index in [2.05, 4.69) is 24.3 Å². The molecule has 0 spiro atoms. The second-order valence-corrected chi connectivity index (χ2v) is 12.0. The number of fused-ring (bicyclic) bond motifs is 2. The van der Waals surface area contributed by atoms with Gasteiger partial charge in [-0.05, 0) is 60.0 Å². The van der Waals surface area contributed by atoms with Crippen LogP contribution in [0.4, 0.5) is 0 Å². The third kappa shape index (κ3) is 6.31. The largest absolute Gasteiger partial charge is 0.497 e. The molecule has 1 aromatic heterocycles. The molecule has 5 aromatic rings. The van der Waals surface area contributed by atoms with E-state index in [-0.39, 0.29) is 12.2 Å². The second kappa shape index (κ2) is 14.1. The average molecular weight is 649 g/mol. The molecule has 240 valence electrons. The number of nitrogens with zero attached hydrogens (tertiary/aromatic N) is 2. The minimum absolute atomic E-state index is 0.184. The van der Waals surface area contributed by atoms with E-state index in [0.717, 1.165) is 28.3 Å². The van der Waals surface area contributed by atoms with Gasteiger partial charge in [0.1, 0.15) is 29.9 Å². The first-order valence-electron chi connectivity index (χ1n) is 15.6. The quantitative estimate of drug-likeness (QED) is 0.156. The number of thiazole rings is 1. The van der Waals surface area contributed by atoms with Crippen LogP contribution in [0.25, 0.3) is 16.8 Å². The molecule has 0 aliphatic carbocycles. The topological polar surface area (TPSA) is 88.4 Å². The Balaban J connectivity index is 1.49. The summed E-state index contributed by atoms with van der Waals surface area (Å²) < 4.78 is 25.2. The number of ether oxygens (including phenoxy) is 4. The van der Waals surface area contributed by atoms with E-state index >= 15 is 0 Å². The number of hydrogen-bond donors (Lipinski definition) is 0. The molecule has 1 aliphatic rings. The van der Waals surface area contributed by atoms with Crippen LogP contribution in [0.2, 0.25) is 0 Å². The lowest BCUT2D eigenvalue weighted by Crippen LogP contribution is -2.40. The number of esters is 1. The maximum absolute atomic E-state index is 14.4. The summed E-state index contributed by atoms with van der Waals surface area (Å²) in [6.45, 7) is 4.33. The number of carbonyl (C=O) groups excluding carboxylic acids is 1. The number of allylic oxidation sites excluding steroid dienone is 1. The van der Waals surface area contributed by atoms with Gasteiger partial charge in [-0.25, -0.2) is 9.79 Å². The number of hydrogen-bond acceptors (Lipinski definition) is 8. The zero-order chi connectivity index (χ0) is 32.9. The Kier molecular flexibility index (Phi) is 9.54. The summed E-state index contributed by atoms with van der Waals surface area (Å²) in [5.41, 5.74) is 3.05. The summed E-state index contributed by atoms with van der Waals surface area (Å²) in [6.07, 6.45) is 3.11. The van der Waals surface area contributed by atoms with Crippen molar-refractivity contribution in [2.45, 2.75) is 39.3 Å². The van der Waals surface area contributed by atoms with Gasteiger partial charge in [0, 0.05) is 11.1 Å². The lowest BCUT2D eigenvalue weighted by Gasteiger charge is -2.27. The Morgan fingerprint density at radius 3 is 2.51 bits per heavy atom. The summed E-state index contributed by atoms with van der Waals surface area (Å²) >= 11 is 1.27. The zero-order valence-electron chi connectivity index (χ0n) is 26.8. The van der Waals surface area contributed by atoms with Gasteiger partial charge in [0.25, 0.3) is 5.56 Å². The van der Waals surface area contributed by atoms with Gasteiger partial charge in [-0.3, -0.25) is 9.36 Å². The van der Waals surface area contributed by atoms with Gasteiger partial charge in [0.2, 0.25) is 0 Å². The summed E-state index contributed by atoms with van der Waals surface area (Å²) in [7, 11) is 3.13. The van der Waals surface area contributed by atoms with E-state index in [9.17, 15) is 9.59 Å². The SMILES string of the molecule is CCCC1=C(C(=O)OCC)[C@H](c2cc(OC)ccc2OC)n2c(s/c(=C/c3ccccc3OCc3cccc4ccccc34)c2=O)=N1. The van der Waals surface area contributed by atoms with Gasteiger partial charge in [0.05, 0.1) is 36.6 Å². The standard InChI is InChI=1S/C38H36N2O6S/c1-5-12-30-34(37(42)45-6-2)35(29-22-27(43-3)19-20-32(29)44-4)40-36(41)33(47-38(40)39-30)21-25-14-8-10-18-31(25)46-23-26-16-11-15-24-13-7-9-17-28(24)26/h7-11,13-22,35H,5-6,12,23H2,1-4H3/b33-21+/t35-/m0/s1. The van der Waals surface area contributed by atoms with Crippen molar-refractivity contribution in [3.05, 3.63) is 133 Å². The molecule has 1 atom stereocenters. The van der Waals surface area contributed by atoms with E-state index < -0.39 is 12.0 Å². The highest BCUT2D eigenvalue weighted by Gasteiger charge is 2.36. The van der Waals surface area contributed by atoms with Crippen molar-refractivity contribution in [1.29, 1.82) is 0 Å². The van der Waals surface area contributed by atoms with Crippen molar-refractivity contribution in [3.63, 3.8) is 0 Å². The van der Waals surface area contributed by atoms with E-state index in [1.807, 2.05) is 55.5 Å². The molecule has 6 rings (SSSR count). The highest BCUT2D eigenvalue weighted by Crippen LogP contribution is 2.39. The van der Waals surface area contributed by atoms with Crippen LogP contribution in [0.1, 0.15) is 49.4 Å². The summed E-state index contributed by atoms with van der Waals surface area (Å²) in [6, 6.07) is 26.5. The molecule has 8 nitrogen and oxygen atoms in total. The Bertz CT molecular complexity index is 2160. The predicted molar refractivity (Wildman–Crippen MR) is 184 cm³/mol. The van der Waals surface area contributed by atoms with Crippen LogP contribution in [0.3, 0.4) is 0 Å². The van der Waals surface area contributed by atoms with Crippen molar-refractivity contribution in [1.82, 2.24) is 4.57 Å². The van der Waals surface area contributed by atoms with Crippen molar-refractivity contribution in [2.24, 2.45) is 4.99 Å². The van der Waals surface area contributed by atoms with Crippen LogP contribution in [0.15, 0.2) is 106 Å². The smallest absolute Gasteiger partial charge is 0.338 e. The van der Waals surface area contributed by atoms with Crippen LogP contribution >= 0.6 is 11.3 Å². The molecule has 47 heavy (non-hydrogen) atoms. The highest BCUT2D eigenvalue weighted by atomic mass is 32.1.